The lowest BCUT2D eigenvalue weighted by Gasteiger charge is -2.04. The Morgan fingerprint density at radius 3 is 2.87 bits per heavy atom. The van der Waals surface area contributed by atoms with Crippen LogP contribution in [0.25, 0.3) is 0 Å². The molecule has 0 aliphatic heterocycles. The number of carbonyl (C=O) groups excluding carboxylic acids is 1. The first-order valence-electron chi connectivity index (χ1n) is 4.08. The minimum atomic E-state index is -0.244. The summed E-state index contributed by atoms with van der Waals surface area (Å²) in [6, 6.07) is 1.73. The van der Waals surface area contributed by atoms with Crippen LogP contribution in [0.4, 0.5) is 0 Å². The number of pyridine rings is 1. The number of aromatic nitrogens is 1. The molecule has 0 fully saturated rings. The molecule has 80 valence electrons. The lowest BCUT2D eigenvalue weighted by Crippen LogP contribution is -2.09. The van der Waals surface area contributed by atoms with Gasteiger partial charge in [0, 0.05) is 23.9 Å². The molecule has 1 rings (SSSR count). The molecule has 0 aliphatic rings. The molecule has 1 aromatic rings. The van der Waals surface area contributed by atoms with Gasteiger partial charge in [-0.1, -0.05) is 11.6 Å². The minimum absolute atomic E-state index is 0.206. The topological polar surface area (TPSA) is 45.6 Å². The lowest BCUT2D eigenvalue weighted by atomic mass is 10.2. The average Bonchev–Trinajstić information content (AvgIpc) is 2.14. The van der Waals surface area contributed by atoms with E-state index < -0.39 is 0 Å². The van der Waals surface area contributed by atoms with Crippen LogP contribution >= 0.6 is 34.2 Å². The molecule has 0 radical (unpaired) electrons. The normalized spacial score (nSPS) is 10.7. The van der Waals surface area contributed by atoms with Gasteiger partial charge in [-0.15, -0.1) is 0 Å². The van der Waals surface area contributed by atoms with Crippen molar-refractivity contribution in [1.82, 2.24) is 9.99 Å². The zero-order chi connectivity index (χ0) is 11.4. The Bertz CT molecular complexity index is 386. The average molecular weight is 338 g/mol. The van der Waals surface area contributed by atoms with Crippen molar-refractivity contribution in [3.05, 3.63) is 26.5 Å². The van der Waals surface area contributed by atoms with Gasteiger partial charge in [0.05, 0.1) is 11.8 Å². The molecular weight excluding hydrogens is 328 g/mol. The van der Waals surface area contributed by atoms with Crippen molar-refractivity contribution in [2.24, 2.45) is 5.10 Å². The van der Waals surface area contributed by atoms with Gasteiger partial charge in [0.15, 0.2) is 0 Å². The van der Waals surface area contributed by atoms with Gasteiger partial charge >= 0.3 is 0 Å². The Morgan fingerprint density at radius 2 is 2.33 bits per heavy atom. The molecule has 4 nitrogen and oxygen atoms in total. The summed E-state index contributed by atoms with van der Waals surface area (Å²) in [5.41, 5.74) is 0.394. The summed E-state index contributed by atoms with van der Waals surface area (Å²) in [6.45, 7) is 0. The van der Waals surface area contributed by atoms with Crippen LogP contribution in [0.15, 0.2) is 17.4 Å². The zero-order valence-corrected chi connectivity index (χ0v) is 11.2. The molecule has 1 heterocycles. The van der Waals surface area contributed by atoms with Crippen molar-refractivity contribution in [2.75, 3.05) is 14.1 Å². The highest BCUT2D eigenvalue weighted by Gasteiger charge is 2.13. The molecule has 0 aromatic carbocycles. The molecule has 0 saturated heterocycles. The van der Waals surface area contributed by atoms with Crippen molar-refractivity contribution < 1.29 is 4.79 Å². The summed E-state index contributed by atoms with van der Waals surface area (Å²) in [6.07, 6.45) is 2.79. The smallest absolute Gasteiger partial charge is 0.209 e. The largest absolute Gasteiger partial charge is 0.303 e. The van der Waals surface area contributed by atoms with E-state index in [-0.39, 0.29) is 10.9 Å². The van der Waals surface area contributed by atoms with E-state index in [9.17, 15) is 4.79 Å². The lowest BCUT2D eigenvalue weighted by molar-refractivity contribution is 0.106. The molecule has 1 aromatic heterocycles. The number of hydrogen-bond acceptors (Lipinski definition) is 4. The minimum Gasteiger partial charge on any atom is -0.303 e. The molecular formula is C9H9ClIN3O. The molecule has 0 N–H and O–H groups in total. The Labute approximate surface area is 106 Å². The van der Waals surface area contributed by atoms with E-state index in [1.807, 2.05) is 22.6 Å². The van der Waals surface area contributed by atoms with E-state index in [1.165, 1.54) is 11.2 Å². The zero-order valence-electron chi connectivity index (χ0n) is 8.24. The SMILES string of the molecule is CN(C)/N=C/C(=O)c1c(I)ccnc1Cl. The predicted molar refractivity (Wildman–Crippen MR) is 68.5 cm³/mol. The standard InChI is InChI=1S/C9H9ClIN3O/c1-14(2)13-5-7(15)8-6(11)3-4-12-9(8)10/h3-5H,1-2H3/b13-5+. The number of halogens is 2. The third-order valence-electron chi connectivity index (χ3n) is 1.51. The van der Waals surface area contributed by atoms with Crippen LogP contribution < -0.4 is 0 Å². The summed E-state index contributed by atoms with van der Waals surface area (Å²) < 4.78 is 0.766. The van der Waals surface area contributed by atoms with Gasteiger partial charge in [0.1, 0.15) is 5.15 Å². The fraction of sp³-hybridized carbons (Fsp3) is 0.222. The van der Waals surface area contributed by atoms with Crippen molar-refractivity contribution >= 4 is 46.2 Å². The van der Waals surface area contributed by atoms with Crippen molar-refractivity contribution in [3.63, 3.8) is 0 Å². The molecule has 0 bridgehead atoms. The third-order valence-corrected chi connectivity index (χ3v) is 2.69. The summed E-state index contributed by atoms with van der Waals surface area (Å²) in [5.74, 6) is -0.244. The van der Waals surface area contributed by atoms with Crippen LogP contribution in [0, 0.1) is 3.57 Å². The van der Waals surface area contributed by atoms with E-state index in [0.29, 0.717) is 5.56 Å². The van der Waals surface area contributed by atoms with Gasteiger partial charge in [-0.05, 0) is 28.7 Å². The first-order chi connectivity index (χ1) is 7.02. The molecule has 0 unspecified atom stereocenters. The maximum atomic E-state index is 11.7. The highest BCUT2D eigenvalue weighted by molar-refractivity contribution is 14.1. The van der Waals surface area contributed by atoms with Gasteiger partial charge in [-0.25, -0.2) is 4.98 Å². The second kappa shape index (κ2) is 5.41. The Balaban J connectivity index is 3.01. The Morgan fingerprint density at radius 1 is 1.67 bits per heavy atom. The number of hydrogen-bond donors (Lipinski definition) is 0. The van der Waals surface area contributed by atoms with Crippen LogP contribution in [0.5, 0.6) is 0 Å². The van der Waals surface area contributed by atoms with Crippen LogP contribution in [0.1, 0.15) is 10.4 Å². The first kappa shape index (κ1) is 12.4. The first-order valence-corrected chi connectivity index (χ1v) is 5.53. The number of hydrazone groups is 1. The number of rotatable bonds is 3. The third kappa shape index (κ3) is 3.42. The Kier molecular flexibility index (Phi) is 4.46. The molecule has 0 spiro atoms. The van der Waals surface area contributed by atoms with Gasteiger partial charge in [-0.2, -0.15) is 5.10 Å². The number of carbonyl (C=O) groups is 1. The number of Topliss-reactive ketones (excluding diaryl/α,β-unsaturated/α-hetero) is 1. The number of nitrogens with zero attached hydrogens (tertiary/aromatic N) is 3. The molecule has 0 atom stereocenters. The van der Waals surface area contributed by atoms with Crippen molar-refractivity contribution in [1.29, 1.82) is 0 Å². The van der Waals surface area contributed by atoms with Crippen molar-refractivity contribution in [2.45, 2.75) is 0 Å². The fourth-order valence-electron chi connectivity index (χ4n) is 0.866. The summed E-state index contributed by atoms with van der Waals surface area (Å²) in [5, 5.41) is 5.59. The number of ketones is 1. The molecule has 0 amide bonds. The van der Waals surface area contributed by atoms with Gasteiger partial charge in [0.2, 0.25) is 5.78 Å². The molecule has 0 saturated carbocycles. The van der Waals surface area contributed by atoms with E-state index >= 15 is 0 Å². The summed E-state index contributed by atoms with van der Waals surface area (Å²) in [7, 11) is 3.47. The summed E-state index contributed by atoms with van der Waals surface area (Å²) in [4.78, 5) is 15.5. The van der Waals surface area contributed by atoms with E-state index in [4.69, 9.17) is 11.6 Å². The van der Waals surface area contributed by atoms with Gasteiger partial charge in [-0.3, -0.25) is 4.79 Å². The predicted octanol–water partition coefficient (Wildman–Crippen LogP) is 2.07. The molecule has 15 heavy (non-hydrogen) atoms. The van der Waals surface area contributed by atoms with Gasteiger partial charge < -0.3 is 5.01 Å². The Hall–Kier alpha value is -0.690. The quantitative estimate of drug-likeness (QED) is 0.279. The fourth-order valence-corrected chi connectivity index (χ4v) is 1.96. The second-order valence-corrected chi connectivity index (χ2v) is 4.43. The van der Waals surface area contributed by atoms with Crippen LogP contribution in [0.2, 0.25) is 5.15 Å². The maximum Gasteiger partial charge on any atom is 0.209 e. The molecule has 6 heteroatoms. The van der Waals surface area contributed by atoms with Crippen LogP contribution in [-0.4, -0.2) is 36.1 Å². The molecule has 0 aliphatic carbocycles. The maximum absolute atomic E-state index is 11.7. The summed E-state index contributed by atoms with van der Waals surface area (Å²) >= 11 is 7.87. The van der Waals surface area contributed by atoms with E-state index in [1.54, 1.807) is 26.4 Å². The second-order valence-electron chi connectivity index (χ2n) is 2.91. The van der Waals surface area contributed by atoms with Crippen LogP contribution in [-0.2, 0) is 0 Å². The van der Waals surface area contributed by atoms with Gasteiger partial charge in [0.25, 0.3) is 0 Å². The monoisotopic (exact) mass is 337 g/mol. The van der Waals surface area contributed by atoms with E-state index in [0.717, 1.165) is 3.57 Å². The highest BCUT2D eigenvalue weighted by atomic mass is 127. The highest BCUT2D eigenvalue weighted by Crippen LogP contribution is 2.19. The van der Waals surface area contributed by atoms with E-state index in [2.05, 4.69) is 10.1 Å². The van der Waals surface area contributed by atoms with Crippen LogP contribution in [0.3, 0.4) is 0 Å². The van der Waals surface area contributed by atoms with Crippen molar-refractivity contribution in [3.8, 4) is 0 Å².